The number of aromatic nitrogens is 2. The summed E-state index contributed by atoms with van der Waals surface area (Å²) in [5, 5.41) is 10.9. The van der Waals surface area contributed by atoms with Gasteiger partial charge in [0.05, 0.1) is 33.7 Å². The Morgan fingerprint density at radius 2 is 2.05 bits per heavy atom. The number of carbonyl (C=O) groups excluding carboxylic acids is 1. The Morgan fingerprint density at radius 1 is 1.39 bits per heavy atom. The second-order valence-corrected chi connectivity index (χ2v) is 11.5. The summed E-state index contributed by atoms with van der Waals surface area (Å²) >= 11 is 6.27. The molecule has 0 saturated carbocycles. The van der Waals surface area contributed by atoms with E-state index < -0.39 is 85.6 Å². The maximum atomic E-state index is 14.2. The highest BCUT2D eigenvalue weighted by Crippen LogP contribution is 2.52. The van der Waals surface area contributed by atoms with Crippen molar-refractivity contribution < 1.29 is 44.5 Å². The molecule has 2 aromatic rings. The van der Waals surface area contributed by atoms with Crippen LogP contribution in [0.5, 0.6) is 5.75 Å². The first-order valence-corrected chi connectivity index (χ1v) is 13.5. The van der Waals surface area contributed by atoms with Crippen molar-refractivity contribution in [3.63, 3.8) is 0 Å². The van der Waals surface area contributed by atoms with Gasteiger partial charge >= 0.3 is 19.3 Å². The van der Waals surface area contributed by atoms with Crippen molar-refractivity contribution in [3.8, 4) is 5.75 Å². The first-order valence-electron chi connectivity index (χ1n) is 12.4. The van der Waals surface area contributed by atoms with Crippen molar-refractivity contribution >= 4 is 31.0 Å². The average Bonchev–Trinajstić information content (AvgIpc) is 3.12. The predicted molar refractivity (Wildman–Crippen MR) is 133 cm³/mol. The number of nitrogen functional groups attached to an aromatic ring is 1. The van der Waals surface area contributed by atoms with Crippen molar-refractivity contribution in [3.05, 3.63) is 52.8 Å². The van der Waals surface area contributed by atoms with Crippen molar-refractivity contribution in [2.24, 2.45) is 5.92 Å². The van der Waals surface area contributed by atoms with Crippen molar-refractivity contribution in [1.82, 2.24) is 9.55 Å². The number of carbonyl (C=O) groups is 1. The number of nitrogens with zero attached hydrogens (tertiary/aromatic N) is 2. The van der Waals surface area contributed by atoms with E-state index in [1.165, 1.54) is 19.1 Å². The molecular formula is C23H29ClF2N3O8P. The summed E-state index contributed by atoms with van der Waals surface area (Å²) in [7, 11) is -4.62. The van der Waals surface area contributed by atoms with Crippen LogP contribution in [0.1, 0.15) is 29.7 Å². The number of benzene rings is 1. The van der Waals surface area contributed by atoms with E-state index in [0.29, 0.717) is 10.8 Å². The van der Waals surface area contributed by atoms with Crippen LogP contribution in [-0.2, 0) is 23.4 Å². The Morgan fingerprint density at radius 3 is 2.66 bits per heavy atom. The molecule has 0 aliphatic carbocycles. The molecule has 3 N–H and O–H groups in total. The zero-order valence-electron chi connectivity index (χ0n) is 22.6. The van der Waals surface area contributed by atoms with Gasteiger partial charge in [-0.15, -0.1) is 11.6 Å². The summed E-state index contributed by atoms with van der Waals surface area (Å²) in [6.07, 6.45) is -7.07. The number of esters is 1. The monoisotopic (exact) mass is 581 g/mol. The molecule has 0 bridgehead atoms. The van der Waals surface area contributed by atoms with Crippen LogP contribution in [0, 0.1) is 11.7 Å². The number of aliphatic hydroxyl groups excluding tert-OH is 1. The summed E-state index contributed by atoms with van der Waals surface area (Å²) in [4.78, 5) is 25.5. The van der Waals surface area contributed by atoms with E-state index >= 15 is 0 Å². The lowest BCUT2D eigenvalue weighted by Crippen LogP contribution is -2.46. The number of hydrogen-bond acceptors (Lipinski definition) is 10. The lowest BCUT2D eigenvalue weighted by atomic mass is 10.00. The Kier molecular flexibility index (Phi) is 8.59. The zero-order valence-corrected chi connectivity index (χ0v) is 22.3. The lowest BCUT2D eigenvalue weighted by molar-refractivity contribution is -0.151. The molecule has 6 atom stereocenters. The normalized spacial score (nSPS) is 26.8. The van der Waals surface area contributed by atoms with Crippen molar-refractivity contribution in [1.29, 1.82) is 0 Å². The molecule has 2 heterocycles. The third-order valence-electron chi connectivity index (χ3n) is 5.40. The van der Waals surface area contributed by atoms with Crippen LogP contribution in [0.2, 0.25) is 0 Å². The fourth-order valence-electron chi connectivity index (χ4n) is 3.51. The van der Waals surface area contributed by atoms with Crippen LogP contribution in [0.3, 0.4) is 0 Å². The quantitative estimate of drug-likeness (QED) is 0.230. The fraction of sp³-hybridized carbons (Fsp3) is 0.522. The molecule has 38 heavy (non-hydrogen) atoms. The van der Waals surface area contributed by atoms with Gasteiger partial charge in [0.15, 0.2) is 17.9 Å². The van der Waals surface area contributed by atoms with E-state index in [1.54, 1.807) is 32.0 Å². The van der Waals surface area contributed by atoms with Crippen molar-refractivity contribution in [2.45, 2.75) is 50.2 Å². The summed E-state index contributed by atoms with van der Waals surface area (Å²) in [6.45, 7) is -0.248. The van der Waals surface area contributed by atoms with Crippen LogP contribution in [0.25, 0.3) is 0 Å². The minimum absolute atomic E-state index is 0.00208. The molecule has 1 aliphatic rings. The molecule has 0 amide bonds. The Labute approximate surface area is 225 Å². The summed E-state index contributed by atoms with van der Waals surface area (Å²) in [6, 6.07) is 7.53. The minimum atomic E-state index is -4.62. The van der Waals surface area contributed by atoms with Gasteiger partial charge in [0.25, 0.3) is 0 Å². The second-order valence-electron chi connectivity index (χ2n) is 8.87. The highest BCUT2D eigenvalue weighted by molar-refractivity contribution is 7.54. The number of alkyl halides is 2. The van der Waals surface area contributed by atoms with Gasteiger partial charge in [-0.05, 0) is 26.0 Å². The van der Waals surface area contributed by atoms with E-state index in [2.05, 4.69) is 4.98 Å². The van der Waals surface area contributed by atoms with E-state index in [0.717, 1.165) is 0 Å². The van der Waals surface area contributed by atoms with E-state index in [9.17, 15) is 28.0 Å². The van der Waals surface area contributed by atoms with Crippen LogP contribution >= 0.6 is 19.2 Å². The number of rotatable bonds is 11. The SMILES string of the molecule is [2H]C([2H])(O[P@@](=O)(C[C@@H](C)C(=O)OC(C)C)Oc1ccccc1)[C@H]1O[C@@H](n2cc(F)c(N)nc2=O)C(Cl)(CF)[C@H]1O. The van der Waals surface area contributed by atoms with Crippen molar-refractivity contribution in [2.75, 3.05) is 25.1 Å². The molecule has 210 valence electrons. The summed E-state index contributed by atoms with van der Waals surface area (Å²) in [5.74, 6) is -3.82. The smallest absolute Gasteiger partial charge is 0.380 e. The molecule has 1 aliphatic heterocycles. The van der Waals surface area contributed by atoms with E-state index in [4.69, 9.17) is 38.6 Å². The second kappa shape index (κ2) is 12.1. The van der Waals surface area contributed by atoms with Gasteiger partial charge < -0.3 is 24.8 Å². The maximum Gasteiger partial charge on any atom is 0.380 e. The van der Waals surface area contributed by atoms with Gasteiger partial charge in [0.2, 0.25) is 0 Å². The van der Waals surface area contributed by atoms with Gasteiger partial charge in [-0.3, -0.25) is 13.9 Å². The molecule has 1 saturated heterocycles. The lowest BCUT2D eigenvalue weighted by Gasteiger charge is -2.28. The number of anilines is 1. The molecule has 0 spiro atoms. The highest BCUT2D eigenvalue weighted by atomic mass is 35.5. The van der Waals surface area contributed by atoms with Gasteiger partial charge in [-0.2, -0.15) is 4.98 Å². The molecule has 1 aromatic heterocycles. The number of para-hydroxylation sites is 1. The van der Waals surface area contributed by atoms with Gasteiger partial charge in [-0.25, -0.2) is 18.1 Å². The standard InChI is InChI=1S/C23H29ClF2N3O8P/c1-13(2)35-20(31)14(3)11-38(33,37-15-7-5-4-6-8-15)34-10-17-18(30)23(24,12-25)21(36-17)29-9-16(26)19(27)28-22(29)32/h4-9,13-14,17-18,21,30H,10-12H2,1-3H3,(H2,27,28,32)/t14-,17-,18+,21-,23?,38+/m1/s1/i10D2. The van der Waals surface area contributed by atoms with Gasteiger partial charge in [-0.1, -0.05) is 25.1 Å². The predicted octanol–water partition coefficient (Wildman–Crippen LogP) is 3.05. The molecule has 1 fully saturated rings. The minimum Gasteiger partial charge on any atom is -0.463 e. The van der Waals surface area contributed by atoms with E-state index in [-0.39, 0.29) is 5.75 Å². The molecule has 15 heteroatoms. The van der Waals surface area contributed by atoms with Crippen LogP contribution in [0.15, 0.2) is 41.3 Å². The molecule has 3 rings (SSSR count). The highest BCUT2D eigenvalue weighted by Gasteiger charge is 2.57. The first kappa shape index (κ1) is 27.0. The number of nitrogens with two attached hydrogens (primary N) is 1. The summed E-state index contributed by atoms with van der Waals surface area (Å²) < 4.78 is 81.0. The summed E-state index contributed by atoms with van der Waals surface area (Å²) in [5.41, 5.74) is 4.05. The fourth-order valence-corrected chi connectivity index (χ4v) is 5.49. The average molecular weight is 582 g/mol. The van der Waals surface area contributed by atoms with Crippen LogP contribution in [-0.4, -0.2) is 63.2 Å². The van der Waals surface area contributed by atoms with Crippen LogP contribution in [0.4, 0.5) is 14.6 Å². The Bertz CT molecular complexity index is 1320. The molecule has 1 aromatic carbocycles. The largest absolute Gasteiger partial charge is 0.463 e. The topological polar surface area (TPSA) is 152 Å². The molecule has 11 nitrogen and oxygen atoms in total. The van der Waals surface area contributed by atoms with Crippen LogP contribution < -0.4 is 15.9 Å². The number of aliphatic hydroxyl groups is 1. The van der Waals surface area contributed by atoms with Gasteiger partial charge in [0, 0.05) is 0 Å². The zero-order chi connectivity index (χ0) is 30.0. The third kappa shape index (κ3) is 6.70. The van der Waals surface area contributed by atoms with Gasteiger partial charge in [0.1, 0.15) is 29.5 Å². The first-order chi connectivity index (χ1) is 18.5. The third-order valence-corrected chi connectivity index (χ3v) is 7.78. The number of ether oxygens (including phenoxy) is 2. The number of halogens is 3. The molecule has 0 radical (unpaired) electrons. The Balaban J connectivity index is 1.97. The van der Waals surface area contributed by atoms with E-state index in [1.807, 2.05) is 0 Å². The molecule has 1 unspecified atom stereocenters. The maximum absolute atomic E-state index is 14.2. The molecular weight excluding hydrogens is 551 g/mol. The number of hydrogen-bond donors (Lipinski definition) is 2. The Hall–Kier alpha value is -2.57.